The van der Waals surface area contributed by atoms with E-state index in [0.717, 1.165) is 17.8 Å². The molecule has 2 nitrogen and oxygen atoms in total. The van der Waals surface area contributed by atoms with Crippen LogP contribution in [0.2, 0.25) is 0 Å². The maximum absolute atomic E-state index is 4.66. The first-order valence-corrected chi connectivity index (χ1v) is 5.67. The second-order valence-corrected chi connectivity index (χ2v) is 4.19. The van der Waals surface area contributed by atoms with Crippen molar-refractivity contribution in [3.05, 3.63) is 29.1 Å². The molecular formula is C13H18N2. The summed E-state index contributed by atoms with van der Waals surface area (Å²) in [6.45, 7) is 6.48. The molecule has 0 spiro atoms. The van der Waals surface area contributed by atoms with E-state index in [1.165, 1.54) is 29.5 Å². The Morgan fingerprint density at radius 3 is 2.80 bits per heavy atom. The molecule has 2 rings (SSSR count). The van der Waals surface area contributed by atoms with Gasteiger partial charge in [-0.05, 0) is 37.5 Å². The molecule has 15 heavy (non-hydrogen) atoms. The molecule has 0 amide bonds. The Morgan fingerprint density at radius 1 is 1.27 bits per heavy atom. The Bertz CT molecular complexity index is 469. The molecule has 0 fully saturated rings. The number of nitrogens with zero attached hydrogens (tertiary/aromatic N) is 1. The molecule has 1 heterocycles. The van der Waals surface area contributed by atoms with E-state index in [2.05, 4.69) is 42.9 Å². The Kier molecular flexibility index (Phi) is 2.76. The van der Waals surface area contributed by atoms with Gasteiger partial charge in [0, 0.05) is 6.42 Å². The van der Waals surface area contributed by atoms with Gasteiger partial charge in [-0.1, -0.05) is 19.4 Å². The van der Waals surface area contributed by atoms with Gasteiger partial charge in [-0.25, -0.2) is 4.98 Å². The molecule has 1 N–H and O–H groups in total. The zero-order valence-corrected chi connectivity index (χ0v) is 9.72. The molecule has 0 bridgehead atoms. The van der Waals surface area contributed by atoms with Crippen molar-refractivity contribution in [3.8, 4) is 0 Å². The molecule has 1 aromatic carbocycles. The van der Waals surface area contributed by atoms with E-state index in [-0.39, 0.29) is 0 Å². The molecule has 0 aliphatic rings. The zero-order chi connectivity index (χ0) is 10.8. The first kappa shape index (κ1) is 10.2. The van der Waals surface area contributed by atoms with Crippen LogP contribution in [0.5, 0.6) is 0 Å². The highest BCUT2D eigenvalue weighted by atomic mass is 14.9. The van der Waals surface area contributed by atoms with Crippen LogP contribution in [0.25, 0.3) is 11.0 Å². The van der Waals surface area contributed by atoms with Crippen LogP contribution in [-0.2, 0) is 6.42 Å². The minimum absolute atomic E-state index is 1.06. The second kappa shape index (κ2) is 4.05. The van der Waals surface area contributed by atoms with Gasteiger partial charge in [0.15, 0.2) is 0 Å². The number of H-pyrrole nitrogens is 1. The number of imidazole rings is 1. The third-order valence-corrected chi connectivity index (χ3v) is 2.99. The van der Waals surface area contributed by atoms with Gasteiger partial charge in [0.25, 0.3) is 0 Å². The lowest BCUT2D eigenvalue weighted by Crippen LogP contribution is -1.86. The molecule has 2 heteroatoms. The normalized spacial score (nSPS) is 11.1. The fourth-order valence-electron chi connectivity index (χ4n) is 1.83. The van der Waals surface area contributed by atoms with Gasteiger partial charge >= 0.3 is 0 Å². The number of unbranched alkanes of at least 4 members (excludes halogenated alkanes) is 1. The monoisotopic (exact) mass is 202 g/mol. The lowest BCUT2D eigenvalue weighted by Gasteiger charge is -1.98. The van der Waals surface area contributed by atoms with E-state index in [9.17, 15) is 0 Å². The zero-order valence-electron chi connectivity index (χ0n) is 9.72. The molecule has 0 saturated heterocycles. The molecule has 1 aromatic heterocycles. The highest BCUT2D eigenvalue weighted by molar-refractivity contribution is 5.79. The lowest BCUT2D eigenvalue weighted by atomic mass is 10.1. The van der Waals surface area contributed by atoms with E-state index in [1.807, 2.05) is 0 Å². The maximum atomic E-state index is 4.66. The second-order valence-electron chi connectivity index (χ2n) is 4.19. The molecule has 0 aliphatic heterocycles. The minimum atomic E-state index is 1.06. The van der Waals surface area contributed by atoms with Gasteiger partial charge in [0.05, 0.1) is 11.0 Å². The smallest absolute Gasteiger partial charge is 0.107 e. The maximum Gasteiger partial charge on any atom is 0.107 e. The summed E-state index contributed by atoms with van der Waals surface area (Å²) in [7, 11) is 0. The largest absolute Gasteiger partial charge is 0.342 e. The van der Waals surface area contributed by atoms with Gasteiger partial charge in [-0.15, -0.1) is 0 Å². The number of aromatic nitrogens is 2. The number of benzene rings is 1. The molecule has 0 saturated carbocycles. The number of aromatic amines is 1. The van der Waals surface area contributed by atoms with Crippen LogP contribution in [0.1, 0.15) is 36.7 Å². The van der Waals surface area contributed by atoms with Gasteiger partial charge < -0.3 is 4.98 Å². The van der Waals surface area contributed by atoms with E-state index >= 15 is 0 Å². The van der Waals surface area contributed by atoms with Crippen LogP contribution in [0, 0.1) is 13.8 Å². The Hall–Kier alpha value is -1.31. The lowest BCUT2D eigenvalue weighted by molar-refractivity contribution is 0.765. The van der Waals surface area contributed by atoms with Gasteiger partial charge in [0.2, 0.25) is 0 Å². The Balaban J connectivity index is 2.42. The van der Waals surface area contributed by atoms with E-state index in [1.54, 1.807) is 0 Å². The van der Waals surface area contributed by atoms with Gasteiger partial charge in [-0.2, -0.15) is 0 Å². The summed E-state index contributed by atoms with van der Waals surface area (Å²) >= 11 is 0. The first-order valence-electron chi connectivity index (χ1n) is 5.67. The van der Waals surface area contributed by atoms with E-state index in [4.69, 9.17) is 0 Å². The predicted octanol–water partition coefficient (Wildman–Crippen LogP) is 3.52. The number of fused-ring (bicyclic) bond motifs is 1. The highest BCUT2D eigenvalue weighted by Crippen LogP contribution is 2.19. The molecular weight excluding hydrogens is 184 g/mol. The topological polar surface area (TPSA) is 28.7 Å². The highest BCUT2D eigenvalue weighted by Gasteiger charge is 2.05. The molecule has 0 radical (unpaired) electrons. The fraction of sp³-hybridized carbons (Fsp3) is 0.462. The molecule has 0 atom stereocenters. The number of hydrogen-bond donors (Lipinski definition) is 1. The molecule has 0 unspecified atom stereocenters. The Morgan fingerprint density at radius 2 is 2.07 bits per heavy atom. The number of hydrogen-bond acceptors (Lipinski definition) is 1. The van der Waals surface area contributed by atoms with E-state index < -0.39 is 0 Å². The van der Waals surface area contributed by atoms with Crippen molar-refractivity contribution < 1.29 is 0 Å². The van der Waals surface area contributed by atoms with Crippen LogP contribution < -0.4 is 0 Å². The van der Waals surface area contributed by atoms with Crippen LogP contribution in [0.4, 0.5) is 0 Å². The van der Waals surface area contributed by atoms with Crippen molar-refractivity contribution in [2.75, 3.05) is 0 Å². The van der Waals surface area contributed by atoms with Crippen molar-refractivity contribution in [3.63, 3.8) is 0 Å². The average molecular weight is 202 g/mol. The van der Waals surface area contributed by atoms with Crippen molar-refractivity contribution >= 4 is 11.0 Å². The van der Waals surface area contributed by atoms with Crippen molar-refractivity contribution in [2.24, 2.45) is 0 Å². The predicted molar refractivity (Wildman–Crippen MR) is 64.2 cm³/mol. The molecule has 80 valence electrons. The summed E-state index contributed by atoms with van der Waals surface area (Å²) in [6.07, 6.45) is 3.48. The molecule has 2 aromatic rings. The Labute approximate surface area is 90.7 Å². The van der Waals surface area contributed by atoms with E-state index in [0.29, 0.717) is 0 Å². The number of nitrogens with one attached hydrogen (secondary N) is 1. The standard InChI is InChI=1S/C13H18N2/c1-4-5-6-12-14-11-8-7-9(2)10(3)13(11)15-12/h7-8H,4-6H2,1-3H3,(H,14,15). The summed E-state index contributed by atoms with van der Waals surface area (Å²) in [5.74, 6) is 1.13. The first-order chi connectivity index (χ1) is 7.22. The minimum Gasteiger partial charge on any atom is -0.342 e. The van der Waals surface area contributed by atoms with Crippen molar-refractivity contribution in [2.45, 2.75) is 40.0 Å². The van der Waals surface area contributed by atoms with Crippen LogP contribution in [0.15, 0.2) is 12.1 Å². The summed E-state index contributed by atoms with van der Waals surface area (Å²) in [6, 6.07) is 4.28. The van der Waals surface area contributed by atoms with Crippen molar-refractivity contribution in [1.29, 1.82) is 0 Å². The third-order valence-electron chi connectivity index (χ3n) is 2.99. The average Bonchev–Trinajstić information content (AvgIpc) is 2.64. The summed E-state index contributed by atoms with van der Waals surface area (Å²) in [5.41, 5.74) is 4.92. The fourth-order valence-corrected chi connectivity index (χ4v) is 1.83. The van der Waals surface area contributed by atoms with Crippen LogP contribution >= 0.6 is 0 Å². The number of aryl methyl sites for hydroxylation is 3. The SMILES string of the molecule is CCCCc1nc2c(C)c(C)ccc2[nH]1. The van der Waals surface area contributed by atoms with Crippen LogP contribution in [0.3, 0.4) is 0 Å². The summed E-state index contributed by atoms with van der Waals surface area (Å²) < 4.78 is 0. The summed E-state index contributed by atoms with van der Waals surface area (Å²) in [4.78, 5) is 8.04. The van der Waals surface area contributed by atoms with Crippen molar-refractivity contribution in [1.82, 2.24) is 9.97 Å². The summed E-state index contributed by atoms with van der Waals surface area (Å²) in [5, 5.41) is 0. The van der Waals surface area contributed by atoms with Crippen LogP contribution in [-0.4, -0.2) is 9.97 Å². The van der Waals surface area contributed by atoms with Gasteiger partial charge in [-0.3, -0.25) is 0 Å². The quantitative estimate of drug-likeness (QED) is 0.810. The van der Waals surface area contributed by atoms with Gasteiger partial charge in [0.1, 0.15) is 5.82 Å². The number of rotatable bonds is 3. The molecule has 0 aliphatic carbocycles. The third kappa shape index (κ3) is 1.89.